The van der Waals surface area contributed by atoms with Crippen LogP contribution in [0.15, 0.2) is 88.2 Å². The van der Waals surface area contributed by atoms with Crippen molar-refractivity contribution >= 4 is 16.7 Å². The summed E-state index contributed by atoms with van der Waals surface area (Å²) in [6.45, 7) is 4.32. The lowest BCUT2D eigenvalue weighted by Gasteiger charge is -2.06. The molecule has 5 nitrogen and oxygen atoms in total. The van der Waals surface area contributed by atoms with Gasteiger partial charge in [0.15, 0.2) is 0 Å². The third kappa shape index (κ3) is 5.21. The molecule has 1 atom stereocenters. The van der Waals surface area contributed by atoms with Gasteiger partial charge in [0.05, 0.1) is 22.2 Å². The monoisotopic (exact) mass is 444 g/mol. The first-order valence-corrected chi connectivity index (χ1v) is 11.7. The average molecular weight is 445 g/mol. The van der Waals surface area contributed by atoms with Crippen LogP contribution in [0, 0.1) is 13.8 Å². The Kier molecular flexibility index (Phi) is 6.61. The van der Waals surface area contributed by atoms with Crippen LogP contribution in [-0.2, 0) is 23.1 Å². The molecule has 0 fully saturated rings. The summed E-state index contributed by atoms with van der Waals surface area (Å²) in [5.41, 5.74) is 4.22. The molecule has 0 aliphatic carbocycles. The number of carbonyl (C=O) groups excluding carboxylic acids is 1. The van der Waals surface area contributed by atoms with Crippen LogP contribution in [0.25, 0.3) is 11.5 Å². The standard InChI is InChI=1S/C26H24N2O3S/c1-18-7-6-8-20(15-18)16-27-25(29)21-11-13-22(14-12-21)26-28-24(19(2)31-26)17-32(30)23-9-4-3-5-10-23/h3-15H,16-17H2,1-2H3,(H,27,29)/t32-/m1/s1. The molecule has 1 amide bonds. The van der Waals surface area contributed by atoms with Gasteiger partial charge in [-0.15, -0.1) is 0 Å². The zero-order valence-electron chi connectivity index (χ0n) is 18.0. The lowest BCUT2D eigenvalue weighted by atomic mass is 10.1. The number of oxazole rings is 1. The Bertz CT molecular complexity index is 1250. The van der Waals surface area contributed by atoms with Gasteiger partial charge in [-0.1, -0.05) is 48.0 Å². The number of nitrogens with zero attached hydrogens (tertiary/aromatic N) is 1. The number of benzene rings is 3. The highest BCUT2D eigenvalue weighted by molar-refractivity contribution is 7.84. The fourth-order valence-electron chi connectivity index (χ4n) is 3.34. The van der Waals surface area contributed by atoms with Crippen LogP contribution in [0.3, 0.4) is 0 Å². The lowest BCUT2D eigenvalue weighted by molar-refractivity contribution is 0.0951. The number of hydrogen-bond acceptors (Lipinski definition) is 4. The second-order valence-electron chi connectivity index (χ2n) is 7.57. The number of amides is 1. The van der Waals surface area contributed by atoms with E-state index in [1.54, 1.807) is 12.1 Å². The van der Waals surface area contributed by atoms with Crippen molar-refractivity contribution in [2.24, 2.45) is 0 Å². The second-order valence-corrected chi connectivity index (χ2v) is 9.03. The molecule has 1 N–H and O–H groups in total. The van der Waals surface area contributed by atoms with Gasteiger partial charge in [-0.2, -0.15) is 0 Å². The second kappa shape index (κ2) is 9.75. The fourth-order valence-corrected chi connectivity index (χ4v) is 4.48. The Hall–Kier alpha value is -3.51. The van der Waals surface area contributed by atoms with Gasteiger partial charge in [-0.25, -0.2) is 4.98 Å². The molecule has 1 heterocycles. The summed E-state index contributed by atoms with van der Waals surface area (Å²) in [5.74, 6) is 1.25. The van der Waals surface area contributed by atoms with Gasteiger partial charge in [0, 0.05) is 22.6 Å². The van der Waals surface area contributed by atoms with E-state index in [0.29, 0.717) is 35.2 Å². The quantitative estimate of drug-likeness (QED) is 0.425. The van der Waals surface area contributed by atoms with Crippen LogP contribution in [-0.4, -0.2) is 15.1 Å². The maximum atomic E-state index is 12.6. The minimum atomic E-state index is -1.19. The van der Waals surface area contributed by atoms with E-state index < -0.39 is 10.8 Å². The predicted octanol–water partition coefficient (Wildman–Crippen LogP) is 5.20. The van der Waals surface area contributed by atoms with E-state index >= 15 is 0 Å². The summed E-state index contributed by atoms with van der Waals surface area (Å²) in [7, 11) is -1.19. The Morgan fingerprint density at radius 3 is 2.44 bits per heavy atom. The Morgan fingerprint density at radius 1 is 0.969 bits per heavy atom. The summed E-state index contributed by atoms with van der Waals surface area (Å²) in [5, 5.41) is 2.94. The maximum Gasteiger partial charge on any atom is 0.251 e. The third-order valence-corrected chi connectivity index (χ3v) is 6.43. The molecule has 162 valence electrons. The van der Waals surface area contributed by atoms with E-state index in [9.17, 15) is 9.00 Å². The molecular formula is C26H24N2O3S. The zero-order chi connectivity index (χ0) is 22.5. The minimum absolute atomic E-state index is 0.138. The van der Waals surface area contributed by atoms with Crippen molar-refractivity contribution in [3.8, 4) is 11.5 Å². The summed E-state index contributed by atoms with van der Waals surface area (Å²) in [6, 6.07) is 24.5. The number of nitrogens with one attached hydrogen (secondary N) is 1. The van der Waals surface area contributed by atoms with E-state index in [0.717, 1.165) is 21.6 Å². The molecule has 0 unspecified atom stereocenters. The molecule has 0 saturated heterocycles. The Morgan fingerprint density at radius 2 is 1.72 bits per heavy atom. The van der Waals surface area contributed by atoms with E-state index in [1.165, 1.54) is 0 Å². The summed E-state index contributed by atoms with van der Waals surface area (Å²) < 4.78 is 18.4. The van der Waals surface area contributed by atoms with Gasteiger partial charge in [0.25, 0.3) is 5.91 Å². The maximum absolute atomic E-state index is 12.6. The molecule has 0 spiro atoms. The van der Waals surface area contributed by atoms with Crippen LogP contribution in [0.2, 0.25) is 0 Å². The molecule has 4 rings (SSSR count). The zero-order valence-corrected chi connectivity index (χ0v) is 18.8. The normalized spacial score (nSPS) is 11.8. The molecule has 4 aromatic rings. The number of aryl methyl sites for hydroxylation is 2. The van der Waals surface area contributed by atoms with E-state index in [2.05, 4.69) is 16.4 Å². The van der Waals surface area contributed by atoms with Crippen LogP contribution >= 0.6 is 0 Å². The Labute approximate surface area is 190 Å². The van der Waals surface area contributed by atoms with Crippen LogP contribution < -0.4 is 5.32 Å². The first-order chi connectivity index (χ1) is 15.5. The Balaban J connectivity index is 1.42. The van der Waals surface area contributed by atoms with Gasteiger partial charge < -0.3 is 9.73 Å². The largest absolute Gasteiger partial charge is 0.441 e. The molecule has 0 bridgehead atoms. The molecular weight excluding hydrogens is 420 g/mol. The van der Waals surface area contributed by atoms with E-state index in [1.807, 2.05) is 74.5 Å². The highest BCUT2D eigenvalue weighted by atomic mass is 32.2. The molecule has 0 radical (unpaired) electrons. The predicted molar refractivity (Wildman–Crippen MR) is 126 cm³/mol. The van der Waals surface area contributed by atoms with Crippen molar-refractivity contribution < 1.29 is 13.4 Å². The molecule has 1 aromatic heterocycles. The van der Waals surface area contributed by atoms with Gasteiger partial charge >= 0.3 is 0 Å². The van der Waals surface area contributed by atoms with Crippen LogP contribution in [0.1, 0.15) is 32.9 Å². The summed E-state index contributed by atoms with van der Waals surface area (Å²) in [4.78, 5) is 17.8. The highest BCUT2D eigenvalue weighted by Crippen LogP contribution is 2.24. The van der Waals surface area contributed by atoms with Gasteiger partial charge in [-0.05, 0) is 55.8 Å². The van der Waals surface area contributed by atoms with Crippen molar-refractivity contribution in [1.29, 1.82) is 0 Å². The average Bonchev–Trinajstić information content (AvgIpc) is 3.18. The van der Waals surface area contributed by atoms with Crippen molar-refractivity contribution in [1.82, 2.24) is 10.3 Å². The minimum Gasteiger partial charge on any atom is -0.441 e. The van der Waals surface area contributed by atoms with E-state index in [-0.39, 0.29) is 5.91 Å². The molecule has 32 heavy (non-hydrogen) atoms. The smallest absolute Gasteiger partial charge is 0.251 e. The first kappa shape index (κ1) is 21.7. The third-order valence-electron chi connectivity index (χ3n) is 5.10. The van der Waals surface area contributed by atoms with Crippen LogP contribution in [0.4, 0.5) is 0 Å². The molecule has 0 aliphatic heterocycles. The number of rotatable bonds is 7. The van der Waals surface area contributed by atoms with Gasteiger partial charge in [0.2, 0.25) is 5.89 Å². The first-order valence-electron chi connectivity index (χ1n) is 10.3. The molecule has 0 saturated carbocycles. The molecule has 0 aliphatic rings. The number of carbonyl (C=O) groups is 1. The molecule has 6 heteroatoms. The topological polar surface area (TPSA) is 72.2 Å². The van der Waals surface area contributed by atoms with Crippen molar-refractivity contribution in [3.63, 3.8) is 0 Å². The molecule has 3 aromatic carbocycles. The SMILES string of the molecule is Cc1cccc(CNC(=O)c2ccc(-c3nc(C[S@@](=O)c4ccccc4)c(C)o3)cc2)c1. The van der Waals surface area contributed by atoms with Crippen molar-refractivity contribution in [2.75, 3.05) is 0 Å². The lowest BCUT2D eigenvalue weighted by Crippen LogP contribution is -2.22. The fraction of sp³-hybridized carbons (Fsp3) is 0.154. The highest BCUT2D eigenvalue weighted by Gasteiger charge is 2.15. The van der Waals surface area contributed by atoms with Crippen molar-refractivity contribution in [2.45, 2.75) is 31.0 Å². The number of aromatic nitrogens is 1. The summed E-state index contributed by atoms with van der Waals surface area (Å²) >= 11 is 0. The van der Waals surface area contributed by atoms with Crippen LogP contribution in [0.5, 0.6) is 0 Å². The van der Waals surface area contributed by atoms with Crippen molar-refractivity contribution in [3.05, 3.63) is 107 Å². The number of hydrogen-bond donors (Lipinski definition) is 1. The summed E-state index contributed by atoms with van der Waals surface area (Å²) in [6.07, 6.45) is 0. The van der Waals surface area contributed by atoms with Gasteiger partial charge in [-0.3, -0.25) is 9.00 Å². The van der Waals surface area contributed by atoms with E-state index in [4.69, 9.17) is 4.42 Å². The van der Waals surface area contributed by atoms with Gasteiger partial charge in [0.1, 0.15) is 5.76 Å².